The van der Waals surface area contributed by atoms with E-state index in [1.54, 1.807) is 0 Å². The molecule has 1 rings (SSSR count). The summed E-state index contributed by atoms with van der Waals surface area (Å²) < 4.78 is 0. The molecule has 1 N–H and O–H groups in total. The van der Waals surface area contributed by atoms with Crippen LogP contribution in [0.2, 0.25) is 0 Å². The highest BCUT2D eigenvalue weighted by molar-refractivity contribution is 6.21. The molecule has 0 unspecified atom stereocenters. The topological polar surface area (TPSA) is 12.0 Å². The van der Waals surface area contributed by atoms with E-state index in [0.717, 1.165) is 5.92 Å². The summed E-state index contributed by atoms with van der Waals surface area (Å²) in [5.74, 6) is 0.868. The van der Waals surface area contributed by atoms with Crippen molar-refractivity contribution in [2.45, 2.75) is 70.1 Å². The zero-order valence-corrected chi connectivity index (χ0v) is 11.6. The zero-order valence-electron chi connectivity index (χ0n) is 10.8. The Balaban J connectivity index is 1.68. The molecular formula is C14H28ClN. The molecule has 0 amide bonds. The Morgan fingerprint density at radius 1 is 1.00 bits per heavy atom. The second kappa shape index (κ2) is 9.30. The van der Waals surface area contributed by atoms with Crippen molar-refractivity contribution in [2.24, 2.45) is 5.92 Å². The third-order valence-electron chi connectivity index (χ3n) is 3.57. The average molecular weight is 246 g/mol. The lowest BCUT2D eigenvalue weighted by Crippen LogP contribution is -2.33. The summed E-state index contributed by atoms with van der Waals surface area (Å²) in [5.41, 5.74) is 0. The number of halogens is 1. The highest BCUT2D eigenvalue weighted by atomic mass is 35.5. The molecule has 1 saturated carbocycles. The monoisotopic (exact) mass is 245 g/mol. The summed E-state index contributed by atoms with van der Waals surface area (Å²) in [4.78, 5) is 0. The molecule has 2 heteroatoms. The quantitative estimate of drug-likeness (QED) is 0.446. The molecule has 0 aromatic heterocycles. The first-order valence-corrected chi connectivity index (χ1v) is 7.61. The van der Waals surface area contributed by atoms with E-state index in [1.807, 2.05) is 0 Å². The number of rotatable bonds is 10. The summed E-state index contributed by atoms with van der Waals surface area (Å²) in [6.07, 6.45) is 12.3. The average Bonchev–Trinajstić information content (AvgIpc) is 2.24. The van der Waals surface area contributed by atoms with E-state index in [9.17, 15) is 0 Å². The van der Waals surface area contributed by atoms with Gasteiger partial charge in [-0.15, -0.1) is 11.6 Å². The van der Waals surface area contributed by atoms with Gasteiger partial charge in [0.05, 0.1) is 0 Å². The minimum Gasteiger partial charge on any atom is -0.316 e. The van der Waals surface area contributed by atoms with Gasteiger partial charge in [0, 0.05) is 5.38 Å². The maximum absolute atomic E-state index is 5.94. The minimum atomic E-state index is 0.477. The normalized spacial score (nSPS) is 24.4. The van der Waals surface area contributed by atoms with Crippen molar-refractivity contribution in [1.82, 2.24) is 5.32 Å². The second-order valence-corrected chi connectivity index (χ2v) is 5.88. The van der Waals surface area contributed by atoms with Crippen molar-refractivity contribution in [3.8, 4) is 0 Å². The molecule has 1 nitrogen and oxygen atoms in total. The van der Waals surface area contributed by atoms with Crippen LogP contribution in [0.15, 0.2) is 0 Å². The fourth-order valence-electron chi connectivity index (χ4n) is 2.33. The number of nitrogens with one attached hydrogen (secondary N) is 1. The van der Waals surface area contributed by atoms with E-state index in [4.69, 9.17) is 11.6 Å². The van der Waals surface area contributed by atoms with Gasteiger partial charge in [-0.05, 0) is 38.3 Å². The second-order valence-electron chi connectivity index (χ2n) is 5.26. The summed E-state index contributed by atoms with van der Waals surface area (Å²) in [7, 11) is 0. The van der Waals surface area contributed by atoms with Crippen LogP contribution in [-0.4, -0.2) is 18.5 Å². The Kier molecular flexibility index (Phi) is 8.32. The Morgan fingerprint density at radius 3 is 2.25 bits per heavy atom. The van der Waals surface area contributed by atoms with Gasteiger partial charge in [-0.1, -0.05) is 45.4 Å². The molecule has 1 aliphatic carbocycles. The Morgan fingerprint density at radius 2 is 1.62 bits per heavy atom. The molecule has 16 heavy (non-hydrogen) atoms. The largest absolute Gasteiger partial charge is 0.316 e. The number of hydrogen-bond donors (Lipinski definition) is 1. The van der Waals surface area contributed by atoms with Gasteiger partial charge < -0.3 is 5.32 Å². The Bertz CT molecular complexity index is 155. The van der Waals surface area contributed by atoms with Crippen molar-refractivity contribution < 1.29 is 0 Å². The van der Waals surface area contributed by atoms with E-state index >= 15 is 0 Å². The maximum Gasteiger partial charge on any atom is 0.0342 e. The lowest BCUT2D eigenvalue weighted by Gasteiger charge is -2.30. The first kappa shape index (κ1) is 14.3. The van der Waals surface area contributed by atoms with Crippen molar-refractivity contribution in [2.75, 3.05) is 13.1 Å². The SMILES string of the molecule is CCCCCCCCCNCC1CC(Cl)C1. The molecule has 0 heterocycles. The van der Waals surface area contributed by atoms with Crippen LogP contribution >= 0.6 is 11.6 Å². The highest BCUT2D eigenvalue weighted by Crippen LogP contribution is 2.30. The van der Waals surface area contributed by atoms with Gasteiger partial charge in [0.2, 0.25) is 0 Å². The lowest BCUT2D eigenvalue weighted by molar-refractivity contribution is 0.308. The molecule has 0 saturated heterocycles. The zero-order chi connectivity index (χ0) is 11.6. The molecule has 0 aromatic rings. The van der Waals surface area contributed by atoms with Gasteiger partial charge in [-0.3, -0.25) is 0 Å². The third-order valence-corrected chi connectivity index (χ3v) is 3.92. The summed E-state index contributed by atoms with van der Waals surface area (Å²) >= 11 is 5.94. The third kappa shape index (κ3) is 6.75. The molecule has 0 radical (unpaired) electrons. The van der Waals surface area contributed by atoms with Crippen LogP contribution in [0.3, 0.4) is 0 Å². The van der Waals surface area contributed by atoms with Crippen molar-refractivity contribution in [1.29, 1.82) is 0 Å². The molecule has 0 aliphatic heterocycles. The van der Waals surface area contributed by atoms with Crippen LogP contribution in [0, 0.1) is 5.92 Å². The van der Waals surface area contributed by atoms with Gasteiger partial charge in [0.15, 0.2) is 0 Å². The Labute approximate surface area is 106 Å². The molecular weight excluding hydrogens is 218 g/mol. The molecule has 0 aromatic carbocycles. The minimum absolute atomic E-state index is 0.477. The van der Waals surface area contributed by atoms with Crippen molar-refractivity contribution in [3.05, 3.63) is 0 Å². The number of unbranched alkanes of at least 4 members (excludes halogenated alkanes) is 6. The van der Waals surface area contributed by atoms with Crippen molar-refractivity contribution >= 4 is 11.6 Å². The predicted molar refractivity (Wildman–Crippen MR) is 73.2 cm³/mol. The van der Waals surface area contributed by atoms with E-state index in [2.05, 4.69) is 12.2 Å². The molecule has 0 bridgehead atoms. The van der Waals surface area contributed by atoms with E-state index in [0.29, 0.717) is 5.38 Å². The van der Waals surface area contributed by atoms with Crippen LogP contribution in [0.5, 0.6) is 0 Å². The highest BCUT2D eigenvalue weighted by Gasteiger charge is 2.26. The van der Waals surface area contributed by atoms with Crippen LogP contribution in [0.25, 0.3) is 0 Å². The fraction of sp³-hybridized carbons (Fsp3) is 1.00. The summed E-state index contributed by atoms with van der Waals surface area (Å²) in [6.45, 7) is 4.67. The molecule has 1 fully saturated rings. The van der Waals surface area contributed by atoms with Crippen LogP contribution in [0.1, 0.15) is 64.7 Å². The van der Waals surface area contributed by atoms with Crippen LogP contribution < -0.4 is 5.32 Å². The van der Waals surface area contributed by atoms with E-state index < -0.39 is 0 Å². The first-order valence-electron chi connectivity index (χ1n) is 7.17. The Hall–Kier alpha value is 0.250. The summed E-state index contributed by atoms with van der Waals surface area (Å²) in [5, 5.41) is 4.03. The number of alkyl halides is 1. The maximum atomic E-state index is 5.94. The standard InChI is InChI=1S/C14H28ClN/c1-2-3-4-5-6-7-8-9-16-12-13-10-14(15)11-13/h13-14,16H,2-12H2,1H3. The van der Waals surface area contributed by atoms with E-state index in [-0.39, 0.29) is 0 Å². The van der Waals surface area contributed by atoms with Gasteiger partial charge in [-0.2, -0.15) is 0 Å². The fourth-order valence-corrected chi connectivity index (χ4v) is 2.84. The predicted octanol–water partition coefficient (Wildman–Crippen LogP) is 4.34. The van der Waals surface area contributed by atoms with Gasteiger partial charge >= 0.3 is 0 Å². The van der Waals surface area contributed by atoms with Gasteiger partial charge in [0.25, 0.3) is 0 Å². The van der Waals surface area contributed by atoms with Gasteiger partial charge in [-0.25, -0.2) is 0 Å². The van der Waals surface area contributed by atoms with Crippen molar-refractivity contribution in [3.63, 3.8) is 0 Å². The lowest BCUT2D eigenvalue weighted by atomic mass is 9.85. The van der Waals surface area contributed by atoms with Crippen LogP contribution in [-0.2, 0) is 0 Å². The molecule has 0 spiro atoms. The smallest absolute Gasteiger partial charge is 0.0342 e. The molecule has 1 aliphatic rings. The van der Waals surface area contributed by atoms with E-state index in [1.165, 1.54) is 70.9 Å². The summed E-state index contributed by atoms with van der Waals surface area (Å²) in [6, 6.07) is 0. The molecule has 96 valence electrons. The number of hydrogen-bond acceptors (Lipinski definition) is 1. The van der Waals surface area contributed by atoms with Crippen LogP contribution in [0.4, 0.5) is 0 Å². The molecule has 0 atom stereocenters. The first-order chi connectivity index (χ1) is 7.83. The van der Waals surface area contributed by atoms with Gasteiger partial charge in [0.1, 0.15) is 0 Å².